The first-order valence-corrected chi connectivity index (χ1v) is 3.80. The Morgan fingerprint density at radius 3 is 2.80 bits per heavy atom. The highest BCUT2D eigenvalue weighted by Gasteiger charge is 2.21. The van der Waals surface area contributed by atoms with Gasteiger partial charge in [0.1, 0.15) is 0 Å². The molecule has 0 radical (unpaired) electrons. The fourth-order valence-electron chi connectivity index (χ4n) is 1.47. The average Bonchev–Trinajstić information content (AvgIpc) is 1.88. The van der Waals surface area contributed by atoms with E-state index in [1.807, 2.05) is 7.05 Å². The summed E-state index contributed by atoms with van der Waals surface area (Å²) in [6, 6.07) is 0.660. The third-order valence-corrected chi connectivity index (χ3v) is 2.23. The second-order valence-corrected chi connectivity index (χ2v) is 3.11. The molecule has 0 aromatic heterocycles. The summed E-state index contributed by atoms with van der Waals surface area (Å²) in [7, 11) is 2.01. The highest BCUT2D eigenvalue weighted by Crippen LogP contribution is 2.13. The lowest BCUT2D eigenvalue weighted by molar-refractivity contribution is 0.104. The zero-order valence-corrected chi connectivity index (χ0v) is 6.45. The smallest absolute Gasteiger partial charge is 0.0586 e. The van der Waals surface area contributed by atoms with Gasteiger partial charge in [0.05, 0.1) is 6.61 Å². The zero-order chi connectivity index (χ0) is 7.56. The third-order valence-electron chi connectivity index (χ3n) is 2.23. The maximum absolute atomic E-state index is 8.87. The van der Waals surface area contributed by atoms with Crippen LogP contribution >= 0.6 is 0 Å². The minimum absolute atomic E-state index is 0.267. The van der Waals surface area contributed by atoms with E-state index in [1.54, 1.807) is 0 Å². The van der Waals surface area contributed by atoms with Gasteiger partial charge < -0.3 is 10.8 Å². The van der Waals surface area contributed by atoms with Gasteiger partial charge in [0.15, 0.2) is 0 Å². The highest BCUT2D eigenvalue weighted by molar-refractivity contribution is 4.80. The second-order valence-electron chi connectivity index (χ2n) is 3.11. The SMILES string of the molecule is CN1CC(N)CCC1CO. The Morgan fingerprint density at radius 1 is 1.60 bits per heavy atom. The molecule has 3 heteroatoms. The summed E-state index contributed by atoms with van der Waals surface area (Å²) in [6.07, 6.45) is 2.09. The third kappa shape index (κ3) is 1.68. The number of hydrogen-bond donors (Lipinski definition) is 2. The van der Waals surface area contributed by atoms with Crippen LogP contribution in [0, 0.1) is 0 Å². The molecular weight excluding hydrogens is 128 g/mol. The van der Waals surface area contributed by atoms with Gasteiger partial charge in [-0.05, 0) is 19.9 Å². The van der Waals surface area contributed by atoms with Crippen LogP contribution in [0.5, 0.6) is 0 Å². The number of aliphatic hydroxyl groups is 1. The summed E-state index contributed by atoms with van der Waals surface area (Å²) in [6.45, 7) is 1.19. The summed E-state index contributed by atoms with van der Waals surface area (Å²) < 4.78 is 0. The second kappa shape index (κ2) is 3.32. The molecule has 0 aliphatic carbocycles. The monoisotopic (exact) mass is 144 g/mol. The Morgan fingerprint density at radius 2 is 2.30 bits per heavy atom. The van der Waals surface area contributed by atoms with Crippen molar-refractivity contribution >= 4 is 0 Å². The van der Waals surface area contributed by atoms with E-state index in [1.165, 1.54) is 0 Å². The van der Waals surface area contributed by atoms with Gasteiger partial charge >= 0.3 is 0 Å². The van der Waals surface area contributed by atoms with Crippen molar-refractivity contribution < 1.29 is 5.11 Å². The lowest BCUT2D eigenvalue weighted by atomic mass is 10.0. The zero-order valence-electron chi connectivity index (χ0n) is 6.45. The van der Waals surface area contributed by atoms with E-state index < -0.39 is 0 Å². The molecule has 2 atom stereocenters. The van der Waals surface area contributed by atoms with E-state index in [9.17, 15) is 0 Å². The van der Waals surface area contributed by atoms with Crippen molar-refractivity contribution in [1.82, 2.24) is 4.90 Å². The summed E-state index contributed by atoms with van der Waals surface area (Å²) in [5, 5.41) is 8.87. The molecule has 0 aromatic rings. The predicted molar refractivity (Wildman–Crippen MR) is 40.7 cm³/mol. The first kappa shape index (κ1) is 7.98. The Labute approximate surface area is 61.8 Å². The highest BCUT2D eigenvalue weighted by atomic mass is 16.3. The largest absolute Gasteiger partial charge is 0.395 e. The molecule has 2 unspecified atom stereocenters. The van der Waals surface area contributed by atoms with Gasteiger partial charge in [-0.2, -0.15) is 0 Å². The van der Waals surface area contributed by atoms with Crippen molar-refractivity contribution in [3.63, 3.8) is 0 Å². The van der Waals surface area contributed by atoms with Crippen LogP contribution in [0.4, 0.5) is 0 Å². The number of likely N-dealkylation sites (tertiary alicyclic amines) is 1. The van der Waals surface area contributed by atoms with Crippen molar-refractivity contribution in [2.24, 2.45) is 5.73 Å². The maximum Gasteiger partial charge on any atom is 0.0586 e. The van der Waals surface area contributed by atoms with Crippen molar-refractivity contribution in [1.29, 1.82) is 0 Å². The predicted octanol–water partition coefficient (Wildman–Crippen LogP) is -0.600. The molecule has 1 fully saturated rings. The standard InChI is InChI=1S/C7H16N2O/c1-9-4-6(8)2-3-7(9)5-10/h6-7,10H,2-5,8H2,1H3. The Hall–Kier alpha value is -0.120. The van der Waals surface area contributed by atoms with Gasteiger partial charge in [-0.25, -0.2) is 0 Å². The quantitative estimate of drug-likeness (QED) is 0.516. The van der Waals surface area contributed by atoms with Gasteiger partial charge in [0, 0.05) is 18.6 Å². The Balaban J connectivity index is 2.36. The number of rotatable bonds is 1. The van der Waals surface area contributed by atoms with Gasteiger partial charge in [-0.15, -0.1) is 0 Å². The van der Waals surface area contributed by atoms with E-state index in [4.69, 9.17) is 10.8 Å². The number of hydrogen-bond acceptors (Lipinski definition) is 3. The summed E-state index contributed by atoms with van der Waals surface area (Å²) >= 11 is 0. The van der Waals surface area contributed by atoms with Crippen LogP contribution in [-0.4, -0.2) is 42.3 Å². The molecule has 60 valence electrons. The van der Waals surface area contributed by atoms with Crippen molar-refractivity contribution in [2.75, 3.05) is 20.2 Å². The van der Waals surface area contributed by atoms with Crippen molar-refractivity contribution in [3.8, 4) is 0 Å². The number of likely N-dealkylation sites (N-methyl/N-ethyl adjacent to an activating group) is 1. The first-order valence-electron chi connectivity index (χ1n) is 3.80. The number of aliphatic hydroxyl groups excluding tert-OH is 1. The van der Waals surface area contributed by atoms with Gasteiger partial charge in [-0.1, -0.05) is 0 Å². The molecule has 0 amide bonds. The van der Waals surface area contributed by atoms with Crippen molar-refractivity contribution in [3.05, 3.63) is 0 Å². The van der Waals surface area contributed by atoms with Crippen LogP contribution in [-0.2, 0) is 0 Å². The van der Waals surface area contributed by atoms with E-state index >= 15 is 0 Å². The summed E-state index contributed by atoms with van der Waals surface area (Å²) in [5.41, 5.74) is 5.72. The molecule has 1 rings (SSSR count). The van der Waals surface area contributed by atoms with Gasteiger partial charge in [0.2, 0.25) is 0 Å². The normalized spacial score (nSPS) is 36.3. The van der Waals surface area contributed by atoms with Crippen LogP contribution in [0.3, 0.4) is 0 Å². The molecule has 3 N–H and O–H groups in total. The van der Waals surface area contributed by atoms with Crippen LogP contribution in [0.1, 0.15) is 12.8 Å². The Kier molecular flexibility index (Phi) is 2.65. The molecule has 1 saturated heterocycles. The Bertz CT molecular complexity index is 108. The molecule has 1 aliphatic heterocycles. The fourth-order valence-corrected chi connectivity index (χ4v) is 1.47. The van der Waals surface area contributed by atoms with Crippen LogP contribution in [0.2, 0.25) is 0 Å². The average molecular weight is 144 g/mol. The van der Waals surface area contributed by atoms with Crippen LogP contribution < -0.4 is 5.73 Å². The number of nitrogens with two attached hydrogens (primary N) is 1. The minimum Gasteiger partial charge on any atom is -0.395 e. The molecule has 10 heavy (non-hydrogen) atoms. The molecule has 3 nitrogen and oxygen atoms in total. The molecule has 0 bridgehead atoms. The number of piperidine rings is 1. The molecule has 1 heterocycles. The van der Waals surface area contributed by atoms with E-state index in [0.29, 0.717) is 12.1 Å². The van der Waals surface area contributed by atoms with Crippen molar-refractivity contribution in [2.45, 2.75) is 24.9 Å². The molecule has 0 spiro atoms. The molecule has 1 aliphatic rings. The summed E-state index contributed by atoms with van der Waals surface area (Å²) in [5.74, 6) is 0. The topological polar surface area (TPSA) is 49.5 Å². The van der Waals surface area contributed by atoms with E-state index in [-0.39, 0.29) is 6.61 Å². The summed E-state index contributed by atoms with van der Waals surface area (Å²) in [4.78, 5) is 2.13. The maximum atomic E-state index is 8.87. The van der Waals surface area contributed by atoms with Gasteiger partial charge in [0.25, 0.3) is 0 Å². The molecular formula is C7H16N2O. The number of nitrogens with zero attached hydrogens (tertiary/aromatic N) is 1. The van der Waals surface area contributed by atoms with E-state index in [2.05, 4.69) is 4.90 Å². The van der Waals surface area contributed by atoms with Crippen LogP contribution in [0.25, 0.3) is 0 Å². The van der Waals surface area contributed by atoms with E-state index in [0.717, 1.165) is 19.4 Å². The molecule has 0 aromatic carbocycles. The lowest BCUT2D eigenvalue weighted by Gasteiger charge is -2.34. The first-order chi connectivity index (χ1) is 4.74. The minimum atomic E-state index is 0.267. The fraction of sp³-hybridized carbons (Fsp3) is 1.00. The van der Waals surface area contributed by atoms with Crippen LogP contribution in [0.15, 0.2) is 0 Å². The van der Waals surface area contributed by atoms with Gasteiger partial charge in [-0.3, -0.25) is 4.90 Å². The molecule has 0 saturated carbocycles. The lowest BCUT2D eigenvalue weighted by Crippen LogP contribution is -2.47.